The first-order valence-electron chi connectivity index (χ1n) is 8.97. The lowest BCUT2D eigenvalue weighted by atomic mass is 10.1. The number of ether oxygens (including phenoxy) is 1. The maximum absolute atomic E-state index is 12.4. The number of rotatable bonds is 8. The Balaban J connectivity index is 1.54. The van der Waals surface area contributed by atoms with Crippen molar-refractivity contribution >= 4 is 5.91 Å². The predicted molar refractivity (Wildman–Crippen MR) is 106 cm³/mol. The highest BCUT2D eigenvalue weighted by Crippen LogP contribution is 2.14. The van der Waals surface area contributed by atoms with Gasteiger partial charge in [0.15, 0.2) is 0 Å². The van der Waals surface area contributed by atoms with Crippen molar-refractivity contribution < 1.29 is 14.6 Å². The molecule has 0 saturated carbocycles. The smallest absolute Gasteiger partial charge is 0.251 e. The average molecular weight is 361 g/mol. The van der Waals surface area contributed by atoms with Crippen LogP contribution in [0.25, 0.3) is 0 Å². The van der Waals surface area contributed by atoms with Gasteiger partial charge in [-0.1, -0.05) is 60.7 Å². The number of nitrogens with one attached hydrogen (secondary N) is 1. The third kappa shape index (κ3) is 5.69. The Bertz CT molecular complexity index is 833. The van der Waals surface area contributed by atoms with Gasteiger partial charge in [-0.15, -0.1) is 0 Å². The van der Waals surface area contributed by atoms with Crippen LogP contribution in [0.1, 0.15) is 21.5 Å². The molecule has 0 aliphatic rings. The fraction of sp³-hybridized carbons (Fsp3) is 0.174. The van der Waals surface area contributed by atoms with E-state index in [9.17, 15) is 9.90 Å². The van der Waals surface area contributed by atoms with Gasteiger partial charge >= 0.3 is 0 Å². The molecule has 3 rings (SSSR count). The molecule has 3 aromatic carbocycles. The second-order valence-corrected chi connectivity index (χ2v) is 6.34. The van der Waals surface area contributed by atoms with Crippen molar-refractivity contribution in [3.05, 3.63) is 102 Å². The summed E-state index contributed by atoms with van der Waals surface area (Å²) >= 11 is 0. The van der Waals surface area contributed by atoms with E-state index in [2.05, 4.69) is 5.32 Å². The quantitative estimate of drug-likeness (QED) is 0.644. The number of hydrogen-bond acceptors (Lipinski definition) is 3. The molecule has 138 valence electrons. The monoisotopic (exact) mass is 361 g/mol. The molecule has 0 bridgehead atoms. The van der Waals surface area contributed by atoms with E-state index in [1.54, 1.807) is 24.3 Å². The lowest BCUT2D eigenvalue weighted by Crippen LogP contribution is -2.39. The normalized spacial score (nSPS) is 11.6. The van der Waals surface area contributed by atoms with Crippen LogP contribution in [0.3, 0.4) is 0 Å². The lowest BCUT2D eigenvalue weighted by Gasteiger charge is -2.16. The van der Waals surface area contributed by atoms with Crippen LogP contribution in [0.15, 0.2) is 84.9 Å². The van der Waals surface area contributed by atoms with Crippen LogP contribution in [-0.2, 0) is 13.0 Å². The molecule has 0 fully saturated rings. The summed E-state index contributed by atoms with van der Waals surface area (Å²) < 4.78 is 5.74. The highest BCUT2D eigenvalue weighted by atomic mass is 16.5. The predicted octanol–water partition coefficient (Wildman–Crippen LogP) is 3.60. The topological polar surface area (TPSA) is 58.6 Å². The fourth-order valence-electron chi connectivity index (χ4n) is 2.77. The first-order valence-corrected chi connectivity index (χ1v) is 8.97. The van der Waals surface area contributed by atoms with E-state index in [0.29, 0.717) is 24.3 Å². The Kier molecular flexibility index (Phi) is 6.61. The second-order valence-electron chi connectivity index (χ2n) is 6.34. The maximum atomic E-state index is 12.4. The highest BCUT2D eigenvalue weighted by Gasteiger charge is 2.13. The van der Waals surface area contributed by atoms with Gasteiger partial charge in [0.25, 0.3) is 5.91 Å². The second kappa shape index (κ2) is 9.55. The van der Waals surface area contributed by atoms with Gasteiger partial charge in [-0.25, -0.2) is 0 Å². The molecule has 2 N–H and O–H groups in total. The molecular weight excluding hydrogens is 338 g/mol. The molecule has 0 aromatic heterocycles. The summed E-state index contributed by atoms with van der Waals surface area (Å²) in [5, 5.41) is 12.4. The summed E-state index contributed by atoms with van der Waals surface area (Å²) in [7, 11) is 0. The van der Waals surface area contributed by atoms with E-state index in [-0.39, 0.29) is 18.6 Å². The average Bonchev–Trinajstić information content (AvgIpc) is 2.73. The molecule has 27 heavy (non-hydrogen) atoms. The summed E-state index contributed by atoms with van der Waals surface area (Å²) in [6.45, 7) is 0.370. The molecule has 0 unspecified atom stereocenters. The van der Waals surface area contributed by atoms with Gasteiger partial charge in [0.05, 0.1) is 12.6 Å². The van der Waals surface area contributed by atoms with Crippen molar-refractivity contribution in [2.75, 3.05) is 6.61 Å². The standard InChI is InChI=1S/C23H23NO3/c25-16-21(15-18-7-3-1-4-8-18)24-23(26)20-11-13-22(14-12-20)27-17-19-9-5-2-6-10-19/h1-14,21,25H,15-17H2,(H,24,26)/t21-/m1/s1. The molecular formula is C23H23NO3. The van der Waals surface area contributed by atoms with Crippen molar-refractivity contribution in [1.29, 1.82) is 0 Å². The van der Waals surface area contributed by atoms with Gasteiger partial charge in [0.1, 0.15) is 12.4 Å². The van der Waals surface area contributed by atoms with Gasteiger partial charge < -0.3 is 15.2 Å². The van der Waals surface area contributed by atoms with Gasteiger partial charge in [-0.3, -0.25) is 4.79 Å². The Hall–Kier alpha value is -3.11. The fourth-order valence-corrected chi connectivity index (χ4v) is 2.77. The third-order valence-corrected chi connectivity index (χ3v) is 4.25. The number of benzene rings is 3. The minimum absolute atomic E-state index is 0.112. The summed E-state index contributed by atoms with van der Waals surface area (Å²) in [6.07, 6.45) is 0.585. The van der Waals surface area contributed by atoms with Crippen LogP contribution in [0.5, 0.6) is 5.75 Å². The number of hydrogen-bond donors (Lipinski definition) is 2. The molecule has 0 radical (unpaired) electrons. The Morgan fingerprint density at radius 2 is 1.44 bits per heavy atom. The van der Waals surface area contributed by atoms with Crippen LogP contribution in [-0.4, -0.2) is 23.7 Å². The van der Waals surface area contributed by atoms with Crippen LogP contribution in [0.2, 0.25) is 0 Å². The molecule has 0 saturated heterocycles. The molecule has 3 aromatic rings. The van der Waals surface area contributed by atoms with Crippen molar-refractivity contribution in [3.8, 4) is 5.75 Å². The number of carbonyl (C=O) groups excluding carboxylic acids is 1. The lowest BCUT2D eigenvalue weighted by molar-refractivity contribution is 0.0916. The molecule has 1 amide bonds. The highest BCUT2D eigenvalue weighted by molar-refractivity contribution is 5.94. The Labute approximate surface area is 159 Å². The van der Waals surface area contributed by atoms with Crippen LogP contribution >= 0.6 is 0 Å². The van der Waals surface area contributed by atoms with E-state index >= 15 is 0 Å². The Morgan fingerprint density at radius 1 is 0.852 bits per heavy atom. The van der Waals surface area contributed by atoms with Crippen LogP contribution in [0.4, 0.5) is 0 Å². The number of carbonyl (C=O) groups is 1. The molecule has 4 nitrogen and oxygen atoms in total. The molecule has 0 spiro atoms. The first kappa shape index (κ1) is 18.7. The van der Waals surface area contributed by atoms with Crippen LogP contribution < -0.4 is 10.1 Å². The van der Waals surface area contributed by atoms with Gasteiger partial charge in [0, 0.05) is 5.56 Å². The van der Waals surface area contributed by atoms with Crippen molar-refractivity contribution in [2.24, 2.45) is 0 Å². The van der Waals surface area contributed by atoms with Gasteiger partial charge in [0.2, 0.25) is 0 Å². The largest absolute Gasteiger partial charge is 0.489 e. The van der Waals surface area contributed by atoms with Gasteiger partial charge in [-0.05, 0) is 41.8 Å². The zero-order valence-corrected chi connectivity index (χ0v) is 15.0. The SMILES string of the molecule is O=C(N[C@@H](CO)Cc1ccccc1)c1ccc(OCc2ccccc2)cc1. The van der Waals surface area contributed by atoms with Crippen molar-refractivity contribution in [2.45, 2.75) is 19.1 Å². The van der Waals surface area contributed by atoms with E-state index < -0.39 is 0 Å². The van der Waals surface area contributed by atoms with Crippen LogP contribution in [0, 0.1) is 0 Å². The summed E-state index contributed by atoms with van der Waals surface area (Å²) in [4.78, 5) is 12.4. The summed E-state index contributed by atoms with van der Waals surface area (Å²) in [6, 6.07) is 26.4. The van der Waals surface area contributed by atoms with E-state index in [1.807, 2.05) is 60.7 Å². The summed E-state index contributed by atoms with van der Waals surface area (Å²) in [5.74, 6) is 0.498. The summed E-state index contributed by atoms with van der Waals surface area (Å²) in [5.41, 5.74) is 2.70. The van der Waals surface area contributed by atoms with E-state index in [4.69, 9.17) is 4.74 Å². The first-order chi connectivity index (χ1) is 13.2. The van der Waals surface area contributed by atoms with E-state index in [1.165, 1.54) is 0 Å². The number of amides is 1. The minimum Gasteiger partial charge on any atom is -0.489 e. The molecule has 0 aliphatic carbocycles. The van der Waals surface area contributed by atoms with Crippen molar-refractivity contribution in [3.63, 3.8) is 0 Å². The maximum Gasteiger partial charge on any atom is 0.251 e. The van der Waals surface area contributed by atoms with E-state index in [0.717, 1.165) is 11.1 Å². The molecule has 1 atom stereocenters. The Morgan fingerprint density at radius 3 is 2.04 bits per heavy atom. The zero-order valence-electron chi connectivity index (χ0n) is 15.0. The molecule has 0 aliphatic heterocycles. The van der Waals surface area contributed by atoms with Crippen molar-refractivity contribution in [1.82, 2.24) is 5.32 Å². The molecule has 4 heteroatoms. The third-order valence-electron chi connectivity index (χ3n) is 4.25. The number of aliphatic hydroxyl groups excluding tert-OH is 1. The number of aliphatic hydroxyl groups is 1. The molecule has 0 heterocycles. The van der Waals surface area contributed by atoms with Gasteiger partial charge in [-0.2, -0.15) is 0 Å². The zero-order chi connectivity index (χ0) is 18.9. The minimum atomic E-state index is -0.325.